The monoisotopic (exact) mass is 325 g/mol. The molecule has 1 aromatic rings. The fourth-order valence-corrected chi connectivity index (χ4v) is 2.85. The molecule has 0 bridgehead atoms. The standard InChI is InChI=1S/C17H27NO3S/c1-3-22-13-17(21-14-18-8-10-19-11-9-18)12-20-16-6-4-15(2)5-7-16/h4-7,17H,3,8-14H2,1-2H3. The molecule has 1 aliphatic heterocycles. The summed E-state index contributed by atoms with van der Waals surface area (Å²) in [6.45, 7) is 9.02. The van der Waals surface area contributed by atoms with Gasteiger partial charge in [0.05, 0.1) is 19.9 Å². The van der Waals surface area contributed by atoms with Crippen LogP contribution in [-0.2, 0) is 9.47 Å². The van der Waals surface area contributed by atoms with E-state index in [1.54, 1.807) is 0 Å². The van der Waals surface area contributed by atoms with Gasteiger partial charge < -0.3 is 14.2 Å². The first kappa shape index (κ1) is 17.6. The molecular weight excluding hydrogens is 298 g/mol. The van der Waals surface area contributed by atoms with Crippen LogP contribution in [0, 0.1) is 6.92 Å². The van der Waals surface area contributed by atoms with E-state index in [0.29, 0.717) is 13.3 Å². The Hall–Kier alpha value is -0.750. The topological polar surface area (TPSA) is 30.9 Å². The van der Waals surface area contributed by atoms with Gasteiger partial charge in [-0.15, -0.1) is 0 Å². The molecule has 1 aromatic carbocycles. The van der Waals surface area contributed by atoms with Crippen LogP contribution in [0.25, 0.3) is 0 Å². The third kappa shape index (κ3) is 6.57. The molecule has 0 N–H and O–H groups in total. The lowest BCUT2D eigenvalue weighted by molar-refractivity contribution is -0.0636. The van der Waals surface area contributed by atoms with Crippen molar-refractivity contribution < 1.29 is 14.2 Å². The molecule has 1 heterocycles. The second kappa shape index (κ2) is 10.1. The first-order valence-corrected chi connectivity index (χ1v) is 9.12. The zero-order valence-corrected chi connectivity index (χ0v) is 14.4. The van der Waals surface area contributed by atoms with E-state index in [1.807, 2.05) is 23.9 Å². The van der Waals surface area contributed by atoms with Gasteiger partial charge >= 0.3 is 0 Å². The summed E-state index contributed by atoms with van der Waals surface area (Å²) in [5.41, 5.74) is 1.24. The molecule has 0 aromatic heterocycles. The Bertz CT molecular complexity index is 407. The summed E-state index contributed by atoms with van der Waals surface area (Å²) in [6.07, 6.45) is 0.120. The Balaban J connectivity index is 1.75. The highest BCUT2D eigenvalue weighted by Gasteiger charge is 2.15. The second-order valence-electron chi connectivity index (χ2n) is 5.43. The van der Waals surface area contributed by atoms with Crippen LogP contribution in [-0.4, -0.2) is 62.2 Å². The van der Waals surface area contributed by atoms with Gasteiger partial charge in [-0.2, -0.15) is 11.8 Å². The summed E-state index contributed by atoms with van der Waals surface area (Å²) in [6, 6.07) is 8.17. The predicted octanol–water partition coefficient (Wildman–Crippen LogP) is 2.80. The number of rotatable bonds is 9. The van der Waals surface area contributed by atoms with Gasteiger partial charge in [-0.1, -0.05) is 24.6 Å². The highest BCUT2D eigenvalue weighted by atomic mass is 32.2. The Morgan fingerprint density at radius 2 is 1.95 bits per heavy atom. The van der Waals surface area contributed by atoms with Crippen LogP contribution in [0.3, 0.4) is 0 Å². The van der Waals surface area contributed by atoms with E-state index >= 15 is 0 Å². The smallest absolute Gasteiger partial charge is 0.119 e. The molecule has 1 unspecified atom stereocenters. The van der Waals surface area contributed by atoms with E-state index in [2.05, 4.69) is 30.9 Å². The Kier molecular flexibility index (Phi) is 8.08. The molecule has 0 spiro atoms. The predicted molar refractivity (Wildman–Crippen MR) is 91.8 cm³/mol. The van der Waals surface area contributed by atoms with Gasteiger partial charge in [0, 0.05) is 18.8 Å². The quantitative estimate of drug-likeness (QED) is 0.697. The molecule has 124 valence electrons. The molecule has 1 atom stereocenters. The molecule has 1 aliphatic rings. The van der Waals surface area contributed by atoms with E-state index in [1.165, 1.54) is 5.56 Å². The molecule has 22 heavy (non-hydrogen) atoms. The number of hydrogen-bond acceptors (Lipinski definition) is 5. The van der Waals surface area contributed by atoms with E-state index in [0.717, 1.165) is 43.6 Å². The van der Waals surface area contributed by atoms with Crippen LogP contribution in [0.1, 0.15) is 12.5 Å². The van der Waals surface area contributed by atoms with Gasteiger partial charge in [0.2, 0.25) is 0 Å². The Labute approximate surface area is 138 Å². The highest BCUT2D eigenvalue weighted by molar-refractivity contribution is 7.99. The van der Waals surface area contributed by atoms with E-state index < -0.39 is 0 Å². The van der Waals surface area contributed by atoms with Gasteiger partial charge in [-0.3, -0.25) is 4.90 Å². The number of hydrogen-bond donors (Lipinski definition) is 0. The number of nitrogens with zero attached hydrogens (tertiary/aromatic N) is 1. The summed E-state index contributed by atoms with van der Waals surface area (Å²) >= 11 is 1.89. The maximum atomic E-state index is 6.05. The molecule has 2 rings (SSSR count). The lowest BCUT2D eigenvalue weighted by atomic mass is 10.2. The van der Waals surface area contributed by atoms with Gasteiger partial charge in [-0.25, -0.2) is 0 Å². The number of ether oxygens (including phenoxy) is 3. The summed E-state index contributed by atoms with van der Waals surface area (Å²) < 4.78 is 17.3. The molecular formula is C17H27NO3S. The third-order valence-electron chi connectivity index (χ3n) is 3.56. The van der Waals surface area contributed by atoms with Crippen molar-refractivity contribution in [1.82, 2.24) is 4.90 Å². The maximum absolute atomic E-state index is 6.05. The Morgan fingerprint density at radius 3 is 2.64 bits per heavy atom. The molecule has 0 amide bonds. The van der Waals surface area contributed by atoms with Crippen molar-refractivity contribution in [1.29, 1.82) is 0 Å². The van der Waals surface area contributed by atoms with Crippen molar-refractivity contribution in [2.24, 2.45) is 0 Å². The van der Waals surface area contributed by atoms with Crippen molar-refractivity contribution in [3.63, 3.8) is 0 Å². The minimum Gasteiger partial charge on any atom is -0.491 e. The zero-order chi connectivity index (χ0) is 15.6. The summed E-state index contributed by atoms with van der Waals surface area (Å²) in [5, 5.41) is 0. The summed E-state index contributed by atoms with van der Waals surface area (Å²) in [4.78, 5) is 2.29. The molecule has 4 nitrogen and oxygen atoms in total. The second-order valence-corrected chi connectivity index (χ2v) is 6.75. The van der Waals surface area contributed by atoms with Gasteiger partial charge in [-0.05, 0) is 24.8 Å². The van der Waals surface area contributed by atoms with E-state index in [4.69, 9.17) is 14.2 Å². The summed E-state index contributed by atoms with van der Waals surface area (Å²) in [7, 11) is 0. The van der Waals surface area contributed by atoms with Crippen molar-refractivity contribution in [2.75, 3.05) is 51.1 Å². The van der Waals surface area contributed by atoms with Crippen molar-refractivity contribution >= 4 is 11.8 Å². The van der Waals surface area contributed by atoms with Crippen molar-refractivity contribution in [3.05, 3.63) is 29.8 Å². The Morgan fingerprint density at radius 1 is 1.23 bits per heavy atom. The van der Waals surface area contributed by atoms with Crippen LogP contribution in [0.4, 0.5) is 0 Å². The zero-order valence-electron chi connectivity index (χ0n) is 13.6. The molecule has 1 fully saturated rings. The van der Waals surface area contributed by atoms with Crippen LogP contribution in [0.15, 0.2) is 24.3 Å². The third-order valence-corrected chi connectivity index (χ3v) is 4.58. The summed E-state index contributed by atoms with van der Waals surface area (Å²) in [5.74, 6) is 2.97. The van der Waals surface area contributed by atoms with Crippen molar-refractivity contribution in [2.45, 2.75) is 20.0 Å². The molecule has 0 radical (unpaired) electrons. The molecule has 1 saturated heterocycles. The fraction of sp³-hybridized carbons (Fsp3) is 0.647. The largest absolute Gasteiger partial charge is 0.491 e. The molecule has 5 heteroatoms. The number of aryl methyl sites for hydroxylation is 1. The lowest BCUT2D eigenvalue weighted by Gasteiger charge is -2.28. The first-order valence-electron chi connectivity index (χ1n) is 7.97. The number of morpholine rings is 1. The van der Waals surface area contributed by atoms with Crippen LogP contribution in [0.2, 0.25) is 0 Å². The van der Waals surface area contributed by atoms with Gasteiger partial charge in [0.1, 0.15) is 18.5 Å². The normalized spacial score (nSPS) is 17.4. The number of benzene rings is 1. The minimum absolute atomic E-state index is 0.120. The minimum atomic E-state index is 0.120. The first-order chi connectivity index (χ1) is 10.8. The van der Waals surface area contributed by atoms with E-state index in [9.17, 15) is 0 Å². The van der Waals surface area contributed by atoms with E-state index in [-0.39, 0.29) is 6.10 Å². The van der Waals surface area contributed by atoms with Gasteiger partial charge in [0.15, 0.2) is 0 Å². The van der Waals surface area contributed by atoms with Crippen molar-refractivity contribution in [3.8, 4) is 5.75 Å². The molecule has 0 aliphatic carbocycles. The average Bonchev–Trinajstić information content (AvgIpc) is 2.56. The average molecular weight is 325 g/mol. The molecule has 0 saturated carbocycles. The van der Waals surface area contributed by atoms with Crippen LogP contribution >= 0.6 is 11.8 Å². The fourth-order valence-electron chi connectivity index (χ4n) is 2.16. The lowest BCUT2D eigenvalue weighted by Crippen LogP contribution is -2.40. The van der Waals surface area contributed by atoms with Crippen LogP contribution < -0.4 is 4.74 Å². The maximum Gasteiger partial charge on any atom is 0.119 e. The van der Waals surface area contributed by atoms with Crippen LogP contribution in [0.5, 0.6) is 5.75 Å². The number of thioether (sulfide) groups is 1. The van der Waals surface area contributed by atoms with Gasteiger partial charge in [0.25, 0.3) is 0 Å². The highest BCUT2D eigenvalue weighted by Crippen LogP contribution is 2.14. The SMILES string of the molecule is CCSCC(COc1ccc(C)cc1)OCN1CCOCC1.